The van der Waals surface area contributed by atoms with Crippen molar-refractivity contribution in [2.45, 2.75) is 6.92 Å². The van der Waals surface area contributed by atoms with Gasteiger partial charge in [-0.15, -0.1) is 0 Å². The first-order valence-electron chi connectivity index (χ1n) is 2.93. The Morgan fingerprint density at radius 1 is 1.44 bits per heavy atom. The molecule has 0 amide bonds. The summed E-state index contributed by atoms with van der Waals surface area (Å²) in [6.07, 6.45) is 0. The number of rotatable bonds is 0. The van der Waals surface area contributed by atoms with Crippen molar-refractivity contribution in [3.63, 3.8) is 0 Å². The first-order chi connectivity index (χ1) is 4.20. The maximum atomic E-state index is 5.74. The number of aryl methyl sites for hydroxylation is 1. The molecule has 0 saturated heterocycles. The van der Waals surface area contributed by atoms with E-state index in [9.17, 15) is 0 Å². The van der Waals surface area contributed by atoms with Gasteiger partial charge in [0.05, 0.1) is 0 Å². The highest BCUT2D eigenvalue weighted by Crippen LogP contribution is 2.05. The lowest BCUT2D eigenvalue weighted by molar-refractivity contribution is 1.52. The van der Waals surface area contributed by atoms with Gasteiger partial charge in [0, 0.05) is 15.3 Å². The van der Waals surface area contributed by atoms with E-state index in [1.807, 2.05) is 12.1 Å². The molecular weight excluding hydrogens is 148 g/mol. The highest BCUT2D eigenvalue weighted by molar-refractivity contribution is 6.36. The van der Waals surface area contributed by atoms with Gasteiger partial charge in [-0.05, 0) is 19.1 Å². The molecule has 1 aromatic rings. The van der Waals surface area contributed by atoms with E-state index in [1.165, 1.54) is 10.8 Å². The molecule has 0 saturated carbocycles. The lowest BCUT2D eigenvalue weighted by atomic mass is 10.2. The molecule has 0 unspecified atom stereocenters. The van der Waals surface area contributed by atoms with Crippen LogP contribution in [0.2, 0.25) is 5.02 Å². The Hall–Kier alpha value is -0.273. The summed E-state index contributed by atoms with van der Waals surface area (Å²) >= 11 is 5.74. The minimum absolute atomic E-state index is 0.852. The number of hydrogen-bond acceptors (Lipinski definition) is 0. The first-order valence-corrected chi connectivity index (χ1v) is 4.30. The van der Waals surface area contributed by atoms with Crippen LogP contribution in [0.3, 0.4) is 0 Å². The Kier molecular flexibility index (Phi) is 1.93. The van der Waals surface area contributed by atoms with Crippen molar-refractivity contribution in [2.75, 3.05) is 0 Å². The van der Waals surface area contributed by atoms with Crippen molar-refractivity contribution < 1.29 is 0 Å². The molecule has 48 valence electrons. The molecule has 0 spiro atoms. The molecule has 0 aliphatic heterocycles. The molecular formula is C7H9ClSi. The van der Waals surface area contributed by atoms with Crippen molar-refractivity contribution in [3.05, 3.63) is 28.8 Å². The van der Waals surface area contributed by atoms with Crippen LogP contribution in [0, 0.1) is 6.92 Å². The van der Waals surface area contributed by atoms with Gasteiger partial charge in [0.25, 0.3) is 0 Å². The Morgan fingerprint density at radius 3 is 2.56 bits per heavy atom. The predicted molar refractivity (Wildman–Crippen MR) is 45.8 cm³/mol. The van der Waals surface area contributed by atoms with Crippen LogP contribution in [0.15, 0.2) is 18.2 Å². The van der Waals surface area contributed by atoms with Crippen molar-refractivity contribution in [3.8, 4) is 0 Å². The van der Waals surface area contributed by atoms with E-state index in [0.717, 1.165) is 15.3 Å². The highest BCUT2D eigenvalue weighted by atomic mass is 35.5. The zero-order valence-electron chi connectivity index (χ0n) is 5.61. The molecule has 0 fully saturated rings. The topological polar surface area (TPSA) is 0 Å². The summed E-state index contributed by atoms with van der Waals surface area (Å²) in [5, 5.41) is 2.24. The molecule has 2 heteroatoms. The van der Waals surface area contributed by atoms with E-state index in [1.54, 1.807) is 0 Å². The van der Waals surface area contributed by atoms with E-state index in [0.29, 0.717) is 0 Å². The van der Waals surface area contributed by atoms with E-state index in [4.69, 9.17) is 11.6 Å². The SMILES string of the molecule is Cc1ccc(Cl)cc1[SiH3]. The maximum Gasteiger partial charge on any atom is 0.0404 e. The minimum Gasteiger partial charge on any atom is -0.0844 e. The van der Waals surface area contributed by atoms with Crippen LogP contribution in [0.1, 0.15) is 5.56 Å². The fourth-order valence-electron chi connectivity index (χ4n) is 0.705. The molecule has 0 atom stereocenters. The average molecular weight is 157 g/mol. The van der Waals surface area contributed by atoms with E-state index >= 15 is 0 Å². The molecule has 0 aromatic heterocycles. The lowest BCUT2D eigenvalue weighted by Gasteiger charge is -1.97. The molecule has 0 heterocycles. The van der Waals surface area contributed by atoms with Crippen molar-refractivity contribution in [2.24, 2.45) is 0 Å². The standard InChI is InChI=1S/C7H9ClSi/c1-5-2-3-6(8)4-7(5)9/h2-4H,1,9H3. The second-order valence-corrected chi connectivity index (χ2v) is 3.74. The third-order valence-electron chi connectivity index (χ3n) is 1.47. The number of hydrogen-bond donors (Lipinski definition) is 0. The largest absolute Gasteiger partial charge is 0.0844 e. The van der Waals surface area contributed by atoms with Crippen LogP contribution in [0.25, 0.3) is 0 Å². The zero-order chi connectivity index (χ0) is 6.85. The summed E-state index contributed by atoms with van der Waals surface area (Å²) in [5.41, 5.74) is 1.35. The fourth-order valence-corrected chi connectivity index (χ4v) is 1.59. The minimum atomic E-state index is 0.852. The van der Waals surface area contributed by atoms with Gasteiger partial charge < -0.3 is 0 Å². The highest BCUT2D eigenvalue weighted by Gasteiger charge is 1.90. The molecule has 0 N–H and O–H groups in total. The normalized spacial score (nSPS) is 10.0. The van der Waals surface area contributed by atoms with E-state index in [2.05, 4.69) is 13.0 Å². The second kappa shape index (κ2) is 2.54. The van der Waals surface area contributed by atoms with Crippen LogP contribution in [0.5, 0.6) is 0 Å². The molecule has 0 bridgehead atoms. The van der Waals surface area contributed by atoms with Gasteiger partial charge >= 0.3 is 0 Å². The van der Waals surface area contributed by atoms with Crippen molar-refractivity contribution in [1.29, 1.82) is 0 Å². The second-order valence-electron chi connectivity index (χ2n) is 2.23. The van der Waals surface area contributed by atoms with Crippen LogP contribution < -0.4 is 5.19 Å². The molecule has 0 nitrogen and oxygen atoms in total. The van der Waals surface area contributed by atoms with Crippen molar-refractivity contribution >= 4 is 27.0 Å². The molecule has 1 rings (SSSR count). The van der Waals surface area contributed by atoms with E-state index < -0.39 is 0 Å². The molecule has 9 heavy (non-hydrogen) atoms. The van der Waals surface area contributed by atoms with Gasteiger partial charge in [0.2, 0.25) is 0 Å². The summed E-state index contributed by atoms with van der Waals surface area (Å²) in [6.45, 7) is 2.11. The van der Waals surface area contributed by atoms with Gasteiger partial charge in [0.1, 0.15) is 0 Å². The third kappa shape index (κ3) is 1.56. The van der Waals surface area contributed by atoms with Gasteiger partial charge in [-0.25, -0.2) is 0 Å². The summed E-state index contributed by atoms with van der Waals surface area (Å²) in [4.78, 5) is 0. The van der Waals surface area contributed by atoms with Crippen LogP contribution in [0.4, 0.5) is 0 Å². The quantitative estimate of drug-likeness (QED) is 0.484. The molecule has 0 aliphatic rings. The third-order valence-corrected chi connectivity index (χ3v) is 2.78. The monoisotopic (exact) mass is 156 g/mol. The fraction of sp³-hybridized carbons (Fsp3) is 0.143. The van der Waals surface area contributed by atoms with Gasteiger partial charge in [-0.3, -0.25) is 0 Å². The first kappa shape index (κ1) is 6.84. The Morgan fingerprint density at radius 2 is 2.11 bits per heavy atom. The lowest BCUT2D eigenvalue weighted by Crippen LogP contribution is -2.05. The summed E-state index contributed by atoms with van der Waals surface area (Å²) in [5.74, 6) is 0. The van der Waals surface area contributed by atoms with Crippen LogP contribution >= 0.6 is 11.6 Å². The molecule has 0 aliphatic carbocycles. The van der Waals surface area contributed by atoms with Gasteiger partial charge in [-0.2, -0.15) is 0 Å². The van der Waals surface area contributed by atoms with Gasteiger partial charge in [-0.1, -0.05) is 28.4 Å². The Bertz CT molecular complexity index is 220. The summed E-state index contributed by atoms with van der Waals surface area (Å²) < 4.78 is 0. The number of halogens is 1. The summed E-state index contributed by atoms with van der Waals surface area (Å²) in [7, 11) is 1.09. The van der Waals surface area contributed by atoms with Crippen LogP contribution in [-0.2, 0) is 0 Å². The number of benzene rings is 1. The van der Waals surface area contributed by atoms with Crippen LogP contribution in [-0.4, -0.2) is 10.2 Å². The van der Waals surface area contributed by atoms with Crippen molar-refractivity contribution in [1.82, 2.24) is 0 Å². The summed E-state index contributed by atoms with van der Waals surface area (Å²) in [6, 6.07) is 6.02. The van der Waals surface area contributed by atoms with Gasteiger partial charge in [0.15, 0.2) is 0 Å². The predicted octanol–water partition coefficient (Wildman–Crippen LogP) is 0.639. The molecule has 0 radical (unpaired) electrons. The molecule has 1 aromatic carbocycles. The Balaban J connectivity index is 3.17. The smallest absolute Gasteiger partial charge is 0.0404 e. The maximum absolute atomic E-state index is 5.74. The zero-order valence-corrected chi connectivity index (χ0v) is 8.37. The average Bonchev–Trinajstić information content (AvgIpc) is 1.80. The Labute approximate surface area is 63.3 Å². The van der Waals surface area contributed by atoms with E-state index in [-0.39, 0.29) is 0 Å².